The molecule has 1 heterocycles. The molecule has 108 valence electrons. The minimum absolute atomic E-state index is 0.155. The highest BCUT2D eigenvalue weighted by atomic mass is 15.2. The first-order chi connectivity index (χ1) is 8.94. The van der Waals surface area contributed by atoms with Gasteiger partial charge in [-0.05, 0) is 57.7 Å². The van der Waals surface area contributed by atoms with Crippen molar-refractivity contribution in [3.05, 3.63) is 18.0 Å². The molecule has 4 nitrogen and oxygen atoms in total. The van der Waals surface area contributed by atoms with Crippen molar-refractivity contribution in [3.8, 4) is 0 Å². The van der Waals surface area contributed by atoms with Crippen molar-refractivity contribution in [1.29, 1.82) is 0 Å². The summed E-state index contributed by atoms with van der Waals surface area (Å²) in [6.07, 6.45) is 9.94. The fourth-order valence-corrected chi connectivity index (χ4v) is 3.43. The number of hydrogen-bond acceptors (Lipinski definition) is 3. The molecule has 1 unspecified atom stereocenters. The summed E-state index contributed by atoms with van der Waals surface area (Å²) in [6.45, 7) is 2.35. The Morgan fingerprint density at radius 1 is 1.47 bits per heavy atom. The highest BCUT2D eigenvalue weighted by Crippen LogP contribution is 2.37. The van der Waals surface area contributed by atoms with E-state index in [1.165, 1.54) is 31.2 Å². The summed E-state index contributed by atoms with van der Waals surface area (Å²) in [6, 6.07) is 0.180. The van der Waals surface area contributed by atoms with Gasteiger partial charge < -0.3 is 10.6 Å². The molecule has 0 radical (unpaired) electrons. The van der Waals surface area contributed by atoms with Crippen LogP contribution < -0.4 is 5.73 Å². The monoisotopic (exact) mass is 264 g/mol. The molecule has 1 fully saturated rings. The average Bonchev–Trinajstić information content (AvgIpc) is 2.75. The minimum atomic E-state index is 0.155. The second kappa shape index (κ2) is 5.63. The lowest BCUT2D eigenvalue weighted by molar-refractivity contribution is 0.0568. The predicted octanol–water partition coefficient (Wildman–Crippen LogP) is 1.80. The van der Waals surface area contributed by atoms with E-state index in [9.17, 15) is 0 Å². The number of aryl methyl sites for hydroxylation is 1. The molecule has 2 rings (SSSR count). The van der Waals surface area contributed by atoms with E-state index in [1.807, 2.05) is 17.9 Å². The number of nitrogens with two attached hydrogens (primary N) is 1. The van der Waals surface area contributed by atoms with Crippen molar-refractivity contribution in [2.45, 2.75) is 50.6 Å². The molecule has 1 atom stereocenters. The second-order valence-corrected chi connectivity index (χ2v) is 6.51. The van der Waals surface area contributed by atoms with Gasteiger partial charge in [0.25, 0.3) is 0 Å². The summed E-state index contributed by atoms with van der Waals surface area (Å²) >= 11 is 0. The van der Waals surface area contributed by atoms with E-state index < -0.39 is 0 Å². The number of rotatable bonds is 4. The lowest BCUT2D eigenvalue weighted by Crippen LogP contribution is -2.59. The van der Waals surface area contributed by atoms with Gasteiger partial charge in [-0.25, -0.2) is 0 Å². The van der Waals surface area contributed by atoms with E-state index in [1.54, 1.807) is 0 Å². The van der Waals surface area contributed by atoms with Crippen molar-refractivity contribution in [1.82, 2.24) is 14.7 Å². The van der Waals surface area contributed by atoms with Crippen LogP contribution in [0.1, 0.15) is 38.2 Å². The first-order valence-corrected chi connectivity index (χ1v) is 7.34. The van der Waals surface area contributed by atoms with Crippen LogP contribution in [0.4, 0.5) is 0 Å². The Morgan fingerprint density at radius 2 is 2.11 bits per heavy atom. The van der Waals surface area contributed by atoms with Crippen LogP contribution in [0, 0.1) is 5.92 Å². The van der Waals surface area contributed by atoms with Crippen LogP contribution >= 0.6 is 0 Å². The highest BCUT2D eigenvalue weighted by Gasteiger charge is 2.41. The van der Waals surface area contributed by atoms with Crippen molar-refractivity contribution in [3.63, 3.8) is 0 Å². The van der Waals surface area contributed by atoms with E-state index in [0.717, 1.165) is 12.3 Å². The first-order valence-electron chi connectivity index (χ1n) is 7.34. The van der Waals surface area contributed by atoms with Gasteiger partial charge in [-0.3, -0.25) is 4.68 Å². The van der Waals surface area contributed by atoms with E-state index in [-0.39, 0.29) is 11.6 Å². The van der Waals surface area contributed by atoms with Crippen LogP contribution in [-0.4, -0.2) is 40.4 Å². The topological polar surface area (TPSA) is 47.1 Å². The summed E-state index contributed by atoms with van der Waals surface area (Å²) in [5.41, 5.74) is 7.99. The second-order valence-electron chi connectivity index (χ2n) is 6.51. The van der Waals surface area contributed by atoms with E-state index >= 15 is 0 Å². The van der Waals surface area contributed by atoms with Gasteiger partial charge in [-0.1, -0.05) is 6.92 Å². The summed E-state index contributed by atoms with van der Waals surface area (Å²) in [5, 5.41) is 4.24. The molecule has 1 saturated carbocycles. The maximum Gasteiger partial charge on any atom is 0.0522 e. The van der Waals surface area contributed by atoms with Crippen LogP contribution in [0.5, 0.6) is 0 Å². The molecule has 0 aromatic carbocycles. The minimum Gasteiger partial charge on any atom is -0.326 e. The number of aromatic nitrogens is 2. The molecular weight excluding hydrogens is 236 g/mol. The first kappa shape index (κ1) is 14.5. The third-order valence-electron chi connectivity index (χ3n) is 4.93. The van der Waals surface area contributed by atoms with Gasteiger partial charge in [0.1, 0.15) is 0 Å². The van der Waals surface area contributed by atoms with Crippen molar-refractivity contribution in [2.75, 3.05) is 14.1 Å². The van der Waals surface area contributed by atoms with Crippen molar-refractivity contribution < 1.29 is 0 Å². The maximum absolute atomic E-state index is 6.59. The predicted molar refractivity (Wildman–Crippen MR) is 78.9 cm³/mol. The van der Waals surface area contributed by atoms with E-state index in [4.69, 9.17) is 5.73 Å². The largest absolute Gasteiger partial charge is 0.326 e. The van der Waals surface area contributed by atoms with E-state index in [2.05, 4.69) is 37.2 Å². The molecule has 0 spiro atoms. The molecule has 1 aromatic rings. The molecule has 2 N–H and O–H groups in total. The fourth-order valence-electron chi connectivity index (χ4n) is 3.43. The number of nitrogens with zero attached hydrogens (tertiary/aromatic N) is 3. The molecule has 1 aliphatic carbocycles. The fraction of sp³-hybridized carbons (Fsp3) is 0.800. The molecule has 19 heavy (non-hydrogen) atoms. The molecule has 0 aliphatic heterocycles. The van der Waals surface area contributed by atoms with Gasteiger partial charge in [0, 0.05) is 24.8 Å². The van der Waals surface area contributed by atoms with Gasteiger partial charge in [-0.2, -0.15) is 5.10 Å². The van der Waals surface area contributed by atoms with Gasteiger partial charge in [0.2, 0.25) is 0 Å². The Bertz CT molecular complexity index is 402. The number of likely N-dealkylation sites (N-methyl/N-ethyl adjacent to an activating group) is 1. The summed E-state index contributed by atoms with van der Waals surface area (Å²) < 4.78 is 1.85. The Balaban J connectivity index is 2.10. The smallest absolute Gasteiger partial charge is 0.0522 e. The van der Waals surface area contributed by atoms with Crippen LogP contribution in [0.3, 0.4) is 0 Å². The molecular formula is C15H28N4. The van der Waals surface area contributed by atoms with Crippen LogP contribution in [0.25, 0.3) is 0 Å². The Labute approximate surface area is 117 Å². The maximum atomic E-state index is 6.59. The summed E-state index contributed by atoms with van der Waals surface area (Å²) in [4.78, 5) is 2.36. The molecule has 1 aromatic heterocycles. The highest BCUT2D eigenvalue weighted by molar-refractivity contribution is 5.11. The summed E-state index contributed by atoms with van der Waals surface area (Å²) in [7, 11) is 6.32. The van der Waals surface area contributed by atoms with Gasteiger partial charge in [-0.15, -0.1) is 0 Å². The van der Waals surface area contributed by atoms with Gasteiger partial charge in [0.05, 0.1) is 6.20 Å². The average molecular weight is 264 g/mol. The quantitative estimate of drug-likeness (QED) is 0.902. The Hall–Kier alpha value is -0.870. The molecule has 0 saturated heterocycles. The van der Waals surface area contributed by atoms with E-state index in [0.29, 0.717) is 0 Å². The lowest BCUT2D eigenvalue weighted by Gasteiger charge is -2.48. The molecule has 1 aliphatic rings. The van der Waals surface area contributed by atoms with Crippen LogP contribution in [0.15, 0.2) is 12.4 Å². The van der Waals surface area contributed by atoms with Crippen LogP contribution in [-0.2, 0) is 13.5 Å². The Kier molecular flexibility index (Phi) is 4.31. The molecule has 0 bridgehead atoms. The summed E-state index contributed by atoms with van der Waals surface area (Å²) in [5.74, 6) is 0.846. The lowest BCUT2D eigenvalue weighted by atomic mass is 9.71. The van der Waals surface area contributed by atoms with Gasteiger partial charge in [0.15, 0.2) is 0 Å². The zero-order valence-corrected chi connectivity index (χ0v) is 12.8. The molecule has 0 amide bonds. The Morgan fingerprint density at radius 3 is 2.58 bits per heavy atom. The third kappa shape index (κ3) is 3.00. The standard InChI is InChI=1S/C15H28N4/c1-12-5-7-15(8-6-12,18(2)3)14(16)9-13-10-17-19(4)11-13/h10-12,14H,5-9,16H2,1-4H3. The normalized spacial score (nSPS) is 29.7. The third-order valence-corrected chi connectivity index (χ3v) is 4.93. The number of hydrogen-bond donors (Lipinski definition) is 1. The molecule has 4 heteroatoms. The van der Waals surface area contributed by atoms with Crippen molar-refractivity contribution >= 4 is 0 Å². The van der Waals surface area contributed by atoms with Crippen molar-refractivity contribution in [2.24, 2.45) is 18.7 Å². The zero-order chi connectivity index (χ0) is 14.0. The van der Waals surface area contributed by atoms with Gasteiger partial charge >= 0.3 is 0 Å². The van der Waals surface area contributed by atoms with Crippen LogP contribution in [0.2, 0.25) is 0 Å². The SMILES string of the molecule is CC1CCC(C(N)Cc2cnn(C)c2)(N(C)C)CC1. The zero-order valence-electron chi connectivity index (χ0n) is 12.8.